The van der Waals surface area contributed by atoms with Gasteiger partial charge >= 0.3 is 0 Å². The van der Waals surface area contributed by atoms with Crippen LogP contribution in [0.4, 0.5) is 0 Å². The molecule has 7 atom stereocenters. The number of nitrogens with zero attached hydrogens (tertiary/aromatic N) is 1. The molecule has 2 bridgehead atoms. The van der Waals surface area contributed by atoms with Gasteiger partial charge < -0.3 is 25.4 Å². The molecule has 158 valence electrons. The zero-order valence-electron chi connectivity index (χ0n) is 16.6. The predicted octanol–water partition coefficient (Wildman–Crippen LogP) is 0.168. The Morgan fingerprint density at radius 1 is 1.39 bits per heavy atom. The lowest BCUT2D eigenvalue weighted by molar-refractivity contribution is -0.145. The second kappa shape index (κ2) is 8.28. The van der Waals surface area contributed by atoms with Gasteiger partial charge in [-0.15, -0.1) is 0 Å². The molecule has 3 unspecified atom stereocenters. The molecular formula is C19H30BrN3O5. The molecule has 3 heterocycles. The SMILES string of the molecule is CCCCNC(=O)C1N([C@@H](CC)CO)C(=O)[C@@H]2[C@H](C(=O)NC)[C@H]3OC12CC3Br. The van der Waals surface area contributed by atoms with Gasteiger partial charge in [0.1, 0.15) is 11.6 Å². The number of halogens is 1. The Balaban J connectivity index is 2.02. The maximum Gasteiger partial charge on any atom is 0.245 e. The van der Waals surface area contributed by atoms with E-state index in [4.69, 9.17) is 4.74 Å². The molecule has 3 N–H and O–H groups in total. The first-order chi connectivity index (χ1) is 13.4. The lowest BCUT2D eigenvalue weighted by Crippen LogP contribution is -2.58. The van der Waals surface area contributed by atoms with Crippen LogP contribution in [0.2, 0.25) is 0 Å². The number of carbonyl (C=O) groups is 3. The minimum Gasteiger partial charge on any atom is -0.394 e. The van der Waals surface area contributed by atoms with E-state index in [-0.39, 0.29) is 29.2 Å². The van der Waals surface area contributed by atoms with Crippen LogP contribution in [0, 0.1) is 11.8 Å². The van der Waals surface area contributed by atoms with Gasteiger partial charge in [0.2, 0.25) is 17.7 Å². The Labute approximate surface area is 173 Å². The third kappa shape index (κ3) is 3.06. The maximum absolute atomic E-state index is 13.5. The topological polar surface area (TPSA) is 108 Å². The fraction of sp³-hybridized carbons (Fsp3) is 0.842. The third-order valence-corrected chi connectivity index (χ3v) is 7.27. The number of aliphatic hydroxyl groups excluding tert-OH is 1. The summed E-state index contributed by atoms with van der Waals surface area (Å²) >= 11 is 3.60. The van der Waals surface area contributed by atoms with Gasteiger partial charge in [-0.05, 0) is 19.3 Å². The summed E-state index contributed by atoms with van der Waals surface area (Å²) in [6, 6.07) is -1.34. The molecule has 3 rings (SSSR count). The zero-order chi connectivity index (χ0) is 20.6. The van der Waals surface area contributed by atoms with E-state index in [1.165, 1.54) is 4.90 Å². The summed E-state index contributed by atoms with van der Waals surface area (Å²) in [4.78, 5) is 40.7. The van der Waals surface area contributed by atoms with Crippen molar-refractivity contribution in [2.75, 3.05) is 20.2 Å². The quantitative estimate of drug-likeness (QED) is 0.354. The Hall–Kier alpha value is -1.19. The molecule has 0 aliphatic carbocycles. The minimum atomic E-state index is -1.05. The fourth-order valence-corrected chi connectivity index (χ4v) is 6.07. The largest absolute Gasteiger partial charge is 0.394 e. The smallest absolute Gasteiger partial charge is 0.245 e. The van der Waals surface area contributed by atoms with Crippen LogP contribution in [0.5, 0.6) is 0 Å². The van der Waals surface area contributed by atoms with Crippen LogP contribution >= 0.6 is 15.9 Å². The molecule has 1 spiro atoms. The number of carbonyl (C=O) groups excluding carboxylic acids is 3. The maximum atomic E-state index is 13.5. The highest BCUT2D eigenvalue weighted by molar-refractivity contribution is 9.09. The van der Waals surface area contributed by atoms with E-state index < -0.39 is 35.6 Å². The minimum absolute atomic E-state index is 0.112. The highest BCUT2D eigenvalue weighted by Crippen LogP contribution is 2.60. The summed E-state index contributed by atoms with van der Waals surface area (Å²) in [5, 5.41) is 15.4. The van der Waals surface area contributed by atoms with Gasteiger partial charge in [-0.1, -0.05) is 36.2 Å². The molecular weight excluding hydrogens is 430 g/mol. The fourth-order valence-electron chi connectivity index (χ4n) is 5.13. The number of ether oxygens (including phenoxy) is 1. The van der Waals surface area contributed by atoms with E-state index >= 15 is 0 Å². The van der Waals surface area contributed by atoms with E-state index in [0.717, 1.165) is 12.8 Å². The number of amides is 3. The molecule has 3 fully saturated rings. The van der Waals surface area contributed by atoms with E-state index in [9.17, 15) is 19.5 Å². The predicted molar refractivity (Wildman–Crippen MR) is 106 cm³/mol. The molecule has 0 saturated carbocycles. The first kappa shape index (κ1) is 21.5. The Kier molecular flexibility index (Phi) is 6.36. The second-order valence-electron chi connectivity index (χ2n) is 7.91. The van der Waals surface area contributed by atoms with Crippen LogP contribution < -0.4 is 10.6 Å². The standard InChI is InChI=1S/C19H30BrN3O5/c1-4-6-7-22-17(26)15-19-8-11(20)14(28-19)12(16(25)21-3)13(19)18(27)23(15)10(5-2)9-24/h10-15,24H,4-9H2,1-3H3,(H,21,25)(H,22,26)/t10-,11?,12-,13-,14-,15?,19?/m0/s1. The van der Waals surface area contributed by atoms with Crippen molar-refractivity contribution < 1.29 is 24.2 Å². The Bertz CT molecular complexity index is 643. The highest BCUT2D eigenvalue weighted by atomic mass is 79.9. The van der Waals surface area contributed by atoms with Gasteiger partial charge in [-0.3, -0.25) is 14.4 Å². The third-order valence-electron chi connectivity index (χ3n) is 6.43. The van der Waals surface area contributed by atoms with Crippen molar-refractivity contribution in [2.24, 2.45) is 11.8 Å². The molecule has 8 nitrogen and oxygen atoms in total. The molecule has 3 amide bonds. The highest BCUT2D eigenvalue weighted by Gasteiger charge is 2.76. The summed E-state index contributed by atoms with van der Waals surface area (Å²) < 4.78 is 6.30. The van der Waals surface area contributed by atoms with Gasteiger partial charge in [0.25, 0.3) is 0 Å². The molecule has 0 aromatic heterocycles. The molecule has 28 heavy (non-hydrogen) atoms. The van der Waals surface area contributed by atoms with Gasteiger partial charge in [0, 0.05) is 18.4 Å². The molecule has 0 aromatic rings. The summed E-state index contributed by atoms with van der Waals surface area (Å²) in [7, 11) is 1.54. The van der Waals surface area contributed by atoms with Gasteiger partial charge in [0.15, 0.2) is 0 Å². The first-order valence-electron chi connectivity index (χ1n) is 10.1. The Morgan fingerprint density at radius 2 is 2.11 bits per heavy atom. The molecule has 0 aromatic carbocycles. The van der Waals surface area contributed by atoms with Crippen molar-refractivity contribution in [3.63, 3.8) is 0 Å². The number of alkyl halides is 1. The number of nitrogens with one attached hydrogen (secondary N) is 2. The van der Waals surface area contributed by atoms with Crippen molar-refractivity contribution in [1.29, 1.82) is 0 Å². The number of fused-ring (bicyclic) bond motifs is 1. The monoisotopic (exact) mass is 459 g/mol. The number of unbranched alkanes of at least 4 members (excludes halogenated alkanes) is 1. The number of likely N-dealkylation sites (tertiary alicyclic amines) is 1. The van der Waals surface area contributed by atoms with Crippen LogP contribution in [0.25, 0.3) is 0 Å². The van der Waals surface area contributed by atoms with Gasteiger partial charge in [-0.25, -0.2) is 0 Å². The average Bonchev–Trinajstić information content (AvgIpc) is 3.26. The zero-order valence-corrected chi connectivity index (χ0v) is 18.2. The second-order valence-corrected chi connectivity index (χ2v) is 9.09. The van der Waals surface area contributed by atoms with E-state index in [2.05, 4.69) is 26.6 Å². The summed E-state index contributed by atoms with van der Waals surface area (Å²) in [6.07, 6.45) is 2.32. The van der Waals surface area contributed by atoms with Crippen LogP contribution in [0.1, 0.15) is 39.5 Å². The van der Waals surface area contributed by atoms with Crippen molar-refractivity contribution >= 4 is 33.7 Å². The van der Waals surface area contributed by atoms with Crippen molar-refractivity contribution in [2.45, 2.75) is 68.1 Å². The average molecular weight is 460 g/mol. The molecule has 3 aliphatic heterocycles. The van der Waals surface area contributed by atoms with Crippen LogP contribution in [-0.4, -0.2) is 76.5 Å². The summed E-state index contributed by atoms with van der Waals surface area (Å²) in [5.41, 5.74) is -1.05. The van der Waals surface area contributed by atoms with E-state index in [1.807, 2.05) is 13.8 Å². The van der Waals surface area contributed by atoms with Gasteiger partial charge in [-0.2, -0.15) is 0 Å². The first-order valence-corrected chi connectivity index (χ1v) is 11.0. The van der Waals surface area contributed by atoms with Crippen molar-refractivity contribution in [1.82, 2.24) is 15.5 Å². The Morgan fingerprint density at radius 3 is 2.68 bits per heavy atom. The molecule has 3 aliphatic rings. The lowest BCUT2D eigenvalue weighted by atomic mass is 9.70. The van der Waals surface area contributed by atoms with Crippen LogP contribution in [-0.2, 0) is 19.1 Å². The molecule has 9 heteroatoms. The van der Waals surface area contributed by atoms with E-state index in [0.29, 0.717) is 19.4 Å². The number of aliphatic hydroxyl groups is 1. The van der Waals surface area contributed by atoms with Crippen LogP contribution in [0.3, 0.4) is 0 Å². The van der Waals surface area contributed by atoms with Gasteiger partial charge in [0.05, 0.1) is 30.6 Å². The van der Waals surface area contributed by atoms with Crippen LogP contribution in [0.15, 0.2) is 0 Å². The number of rotatable bonds is 8. The number of hydrogen-bond donors (Lipinski definition) is 3. The summed E-state index contributed by atoms with van der Waals surface area (Å²) in [6.45, 7) is 4.18. The van der Waals surface area contributed by atoms with Crippen molar-refractivity contribution in [3.8, 4) is 0 Å². The lowest BCUT2D eigenvalue weighted by Gasteiger charge is -2.36. The molecule has 0 radical (unpaired) electrons. The van der Waals surface area contributed by atoms with E-state index in [1.54, 1.807) is 7.05 Å². The normalized spacial score (nSPS) is 37.1. The molecule has 3 saturated heterocycles. The van der Waals surface area contributed by atoms with Crippen molar-refractivity contribution in [3.05, 3.63) is 0 Å². The number of hydrogen-bond acceptors (Lipinski definition) is 5. The summed E-state index contributed by atoms with van der Waals surface area (Å²) in [5.74, 6) is -2.16.